The smallest absolute Gasteiger partial charge is 0.248 e. The van der Waals surface area contributed by atoms with Crippen molar-refractivity contribution in [2.24, 2.45) is 5.41 Å². The molecular formula is C11H14F3N. The summed E-state index contributed by atoms with van der Waals surface area (Å²) in [5.74, 6) is 0. The molecule has 0 aliphatic carbocycles. The molecule has 1 heterocycles. The van der Waals surface area contributed by atoms with E-state index in [0.29, 0.717) is 12.1 Å². The van der Waals surface area contributed by atoms with Crippen LogP contribution in [0.4, 0.5) is 13.2 Å². The van der Waals surface area contributed by atoms with Crippen LogP contribution in [-0.4, -0.2) is 4.98 Å². The number of nitrogens with zero attached hydrogens (tertiary/aromatic N) is 1. The van der Waals surface area contributed by atoms with E-state index >= 15 is 0 Å². The van der Waals surface area contributed by atoms with E-state index in [-0.39, 0.29) is 5.41 Å². The Morgan fingerprint density at radius 1 is 1.13 bits per heavy atom. The molecule has 1 aromatic heterocycles. The summed E-state index contributed by atoms with van der Waals surface area (Å²) in [7, 11) is 0. The van der Waals surface area contributed by atoms with E-state index in [1.54, 1.807) is 6.07 Å². The van der Waals surface area contributed by atoms with E-state index in [1.807, 2.05) is 20.8 Å². The molecule has 15 heavy (non-hydrogen) atoms. The average Bonchev–Trinajstić information content (AvgIpc) is 1.99. The second-order valence-corrected chi connectivity index (χ2v) is 4.75. The Hall–Kier alpha value is -1.06. The van der Waals surface area contributed by atoms with Gasteiger partial charge in [-0.2, -0.15) is 13.2 Å². The Kier molecular flexibility index (Phi) is 3.07. The SMILES string of the molecule is CC(C)(C)Cc1cccc(C(F)(F)F)n1. The first kappa shape index (κ1) is 12.0. The number of pyridine rings is 1. The third-order valence-corrected chi connectivity index (χ3v) is 1.81. The van der Waals surface area contributed by atoms with Gasteiger partial charge in [-0.25, -0.2) is 4.98 Å². The molecule has 0 aliphatic heterocycles. The molecule has 0 saturated heterocycles. The Balaban J connectivity index is 2.94. The Morgan fingerprint density at radius 3 is 2.20 bits per heavy atom. The predicted octanol–water partition coefficient (Wildman–Crippen LogP) is 3.69. The Labute approximate surface area is 87.3 Å². The molecule has 0 fully saturated rings. The number of halogens is 3. The van der Waals surface area contributed by atoms with E-state index in [9.17, 15) is 13.2 Å². The van der Waals surface area contributed by atoms with Gasteiger partial charge in [0.15, 0.2) is 0 Å². The molecule has 0 radical (unpaired) electrons. The van der Waals surface area contributed by atoms with Gasteiger partial charge in [-0.3, -0.25) is 0 Å². The summed E-state index contributed by atoms with van der Waals surface area (Å²) in [6, 6.07) is 4.02. The molecule has 1 nitrogen and oxygen atoms in total. The van der Waals surface area contributed by atoms with E-state index in [1.165, 1.54) is 6.07 Å². The lowest BCUT2D eigenvalue weighted by atomic mass is 9.90. The van der Waals surface area contributed by atoms with Gasteiger partial charge in [0.2, 0.25) is 0 Å². The summed E-state index contributed by atoms with van der Waals surface area (Å²) >= 11 is 0. The van der Waals surface area contributed by atoms with Gasteiger partial charge in [0.1, 0.15) is 5.69 Å². The first-order chi connectivity index (χ1) is 6.68. The van der Waals surface area contributed by atoms with Gasteiger partial charge in [-0.15, -0.1) is 0 Å². The highest BCUT2D eigenvalue weighted by molar-refractivity contribution is 5.14. The standard InChI is InChI=1S/C11H14F3N/c1-10(2,3)7-8-5-4-6-9(15-8)11(12,13)14/h4-6H,7H2,1-3H3. The summed E-state index contributed by atoms with van der Waals surface area (Å²) in [5, 5.41) is 0. The number of hydrogen-bond donors (Lipinski definition) is 0. The normalized spacial score (nSPS) is 12.9. The van der Waals surface area contributed by atoms with Gasteiger partial charge in [0, 0.05) is 5.69 Å². The first-order valence-electron chi connectivity index (χ1n) is 4.72. The fourth-order valence-electron chi connectivity index (χ4n) is 1.28. The van der Waals surface area contributed by atoms with Crippen molar-refractivity contribution in [3.05, 3.63) is 29.6 Å². The van der Waals surface area contributed by atoms with Crippen molar-refractivity contribution < 1.29 is 13.2 Å². The van der Waals surface area contributed by atoms with Crippen LogP contribution in [0.1, 0.15) is 32.2 Å². The van der Waals surface area contributed by atoms with Crippen molar-refractivity contribution >= 4 is 0 Å². The topological polar surface area (TPSA) is 12.9 Å². The molecule has 0 aliphatic rings. The molecule has 0 N–H and O–H groups in total. The minimum Gasteiger partial charge on any atom is -0.248 e. The highest BCUT2D eigenvalue weighted by Crippen LogP contribution is 2.28. The molecule has 84 valence electrons. The van der Waals surface area contributed by atoms with Crippen LogP contribution < -0.4 is 0 Å². The van der Waals surface area contributed by atoms with Gasteiger partial charge in [-0.1, -0.05) is 26.8 Å². The van der Waals surface area contributed by atoms with E-state index in [2.05, 4.69) is 4.98 Å². The van der Waals surface area contributed by atoms with Gasteiger partial charge >= 0.3 is 6.18 Å². The summed E-state index contributed by atoms with van der Waals surface area (Å²) in [6.45, 7) is 5.90. The molecule has 0 saturated carbocycles. The second-order valence-electron chi connectivity index (χ2n) is 4.75. The zero-order valence-corrected chi connectivity index (χ0v) is 9.02. The summed E-state index contributed by atoms with van der Waals surface area (Å²) < 4.78 is 37.0. The van der Waals surface area contributed by atoms with Crippen LogP contribution in [0.5, 0.6) is 0 Å². The Morgan fingerprint density at radius 2 is 1.73 bits per heavy atom. The molecule has 0 atom stereocenters. The summed E-state index contributed by atoms with van der Waals surface area (Å²) in [4.78, 5) is 3.60. The first-order valence-corrected chi connectivity index (χ1v) is 4.72. The van der Waals surface area contributed by atoms with Crippen LogP contribution in [0.2, 0.25) is 0 Å². The molecule has 0 unspecified atom stereocenters. The second kappa shape index (κ2) is 3.83. The number of hydrogen-bond acceptors (Lipinski definition) is 1. The van der Waals surface area contributed by atoms with Gasteiger partial charge < -0.3 is 0 Å². The lowest BCUT2D eigenvalue weighted by Crippen LogP contribution is -2.14. The molecule has 0 spiro atoms. The van der Waals surface area contributed by atoms with Crippen molar-refractivity contribution in [2.45, 2.75) is 33.4 Å². The largest absolute Gasteiger partial charge is 0.433 e. The third kappa shape index (κ3) is 3.90. The van der Waals surface area contributed by atoms with Crippen molar-refractivity contribution in [3.63, 3.8) is 0 Å². The quantitative estimate of drug-likeness (QED) is 0.699. The lowest BCUT2D eigenvalue weighted by Gasteiger charge is -2.18. The number of alkyl halides is 3. The molecule has 4 heteroatoms. The van der Waals surface area contributed by atoms with Crippen molar-refractivity contribution in [1.29, 1.82) is 0 Å². The van der Waals surface area contributed by atoms with Crippen LogP contribution in [-0.2, 0) is 12.6 Å². The van der Waals surface area contributed by atoms with E-state index in [0.717, 1.165) is 6.07 Å². The lowest BCUT2D eigenvalue weighted by molar-refractivity contribution is -0.141. The fraction of sp³-hybridized carbons (Fsp3) is 0.545. The van der Waals surface area contributed by atoms with E-state index < -0.39 is 11.9 Å². The van der Waals surface area contributed by atoms with Crippen molar-refractivity contribution in [2.75, 3.05) is 0 Å². The monoisotopic (exact) mass is 217 g/mol. The molecule has 0 amide bonds. The molecule has 0 bridgehead atoms. The molecular weight excluding hydrogens is 203 g/mol. The Bertz CT molecular complexity index is 336. The zero-order chi connectivity index (χ0) is 11.7. The van der Waals surface area contributed by atoms with Gasteiger partial charge in [-0.05, 0) is 24.0 Å². The van der Waals surface area contributed by atoms with Crippen molar-refractivity contribution in [3.8, 4) is 0 Å². The highest BCUT2D eigenvalue weighted by Gasteiger charge is 2.32. The summed E-state index contributed by atoms with van der Waals surface area (Å²) in [5.41, 5.74) is -0.390. The number of rotatable bonds is 1. The average molecular weight is 217 g/mol. The van der Waals surface area contributed by atoms with Gasteiger partial charge in [0.05, 0.1) is 0 Å². The minimum absolute atomic E-state index is 0.0583. The summed E-state index contributed by atoms with van der Waals surface area (Å²) in [6.07, 6.45) is -3.81. The third-order valence-electron chi connectivity index (χ3n) is 1.81. The number of aromatic nitrogens is 1. The highest BCUT2D eigenvalue weighted by atomic mass is 19.4. The molecule has 0 aromatic carbocycles. The molecule has 1 rings (SSSR count). The van der Waals surface area contributed by atoms with Crippen LogP contribution in [0.15, 0.2) is 18.2 Å². The van der Waals surface area contributed by atoms with Crippen LogP contribution in [0.3, 0.4) is 0 Å². The van der Waals surface area contributed by atoms with Crippen LogP contribution in [0, 0.1) is 5.41 Å². The fourth-order valence-corrected chi connectivity index (χ4v) is 1.28. The maximum absolute atomic E-state index is 12.3. The zero-order valence-electron chi connectivity index (χ0n) is 9.02. The maximum Gasteiger partial charge on any atom is 0.433 e. The molecule has 1 aromatic rings. The van der Waals surface area contributed by atoms with E-state index in [4.69, 9.17) is 0 Å². The van der Waals surface area contributed by atoms with Crippen LogP contribution >= 0.6 is 0 Å². The van der Waals surface area contributed by atoms with Crippen LogP contribution in [0.25, 0.3) is 0 Å². The maximum atomic E-state index is 12.3. The minimum atomic E-state index is -4.35. The van der Waals surface area contributed by atoms with Gasteiger partial charge in [0.25, 0.3) is 0 Å². The predicted molar refractivity (Wildman–Crippen MR) is 52.4 cm³/mol. The van der Waals surface area contributed by atoms with Crippen molar-refractivity contribution in [1.82, 2.24) is 4.98 Å².